The molecule has 100 valence electrons. The molecule has 1 N–H and O–H groups in total. The molecule has 0 aromatic carbocycles. The number of nitrogens with zero attached hydrogens (tertiary/aromatic N) is 1. The number of carbonyl (C=O) groups excluding carboxylic acids is 1. The predicted octanol–water partition coefficient (Wildman–Crippen LogP) is 1.12. The molecule has 0 atom stereocenters. The topological polar surface area (TPSA) is 54.7 Å². The molecule has 5 nitrogen and oxygen atoms in total. The van der Waals surface area contributed by atoms with Crippen LogP contribution in [0.3, 0.4) is 0 Å². The molecule has 0 saturated carbocycles. The van der Waals surface area contributed by atoms with Gasteiger partial charge < -0.3 is 14.5 Å². The Morgan fingerprint density at radius 2 is 2.17 bits per heavy atom. The summed E-state index contributed by atoms with van der Waals surface area (Å²) in [6, 6.07) is 1.66. The highest BCUT2D eigenvalue weighted by atomic mass is 16.5. The molecule has 1 saturated heterocycles. The summed E-state index contributed by atoms with van der Waals surface area (Å²) in [5.74, 6) is -0.0925. The lowest BCUT2D eigenvalue weighted by atomic mass is 10.0. The number of furan rings is 1. The average molecular weight is 252 g/mol. The number of carbonyl (C=O) groups is 1. The largest absolute Gasteiger partial charge is 0.472 e. The third kappa shape index (κ3) is 3.11. The van der Waals surface area contributed by atoms with Crippen LogP contribution in [0.15, 0.2) is 23.0 Å². The highest BCUT2D eigenvalue weighted by molar-refractivity contribution is 5.93. The van der Waals surface area contributed by atoms with Crippen LogP contribution >= 0.6 is 0 Å². The normalized spacial score (nSPS) is 17.7. The van der Waals surface area contributed by atoms with Gasteiger partial charge in [-0.3, -0.25) is 9.69 Å². The van der Waals surface area contributed by atoms with Gasteiger partial charge in [-0.05, 0) is 19.9 Å². The van der Waals surface area contributed by atoms with Crippen LogP contribution in [0.4, 0.5) is 0 Å². The van der Waals surface area contributed by atoms with Gasteiger partial charge in [0.15, 0.2) is 0 Å². The first-order valence-corrected chi connectivity index (χ1v) is 6.23. The van der Waals surface area contributed by atoms with E-state index in [-0.39, 0.29) is 11.4 Å². The Labute approximate surface area is 107 Å². The minimum absolute atomic E-state index is 0.0663. The van der Waals surface area contributed by atoms with Gasteiger partial charge in [-0.25, -0.2) is 0 Å². The van der Waals surface area contributed by atoms with Crippen LogP contribution in [-0.4, -0.2) is 49.2 Å². The predicted molar refractivity (Wildman–Crippen MR) is 67.5 cm³/mol. The Morgan fingerprint density at radius 3 is 2.78 bits per heavy atom. The van der Waals surface area contributed by atoms with Crippen molar-refractivity contribution < 1.29 is 13.9 Å². The number of amides is 1. The van der Waals surface area contributed by atoms with Crippen molar-refractivity contribution in [3.05, 3.63) is 24.2 Å². The third-order valence-corrected chi connectivity index (χ3v) is 3.33. The lowest BCUT2D eigenvalue weighted by molar-refractivity contribution is -0.00923. The van der Waals surface area contributed by atoms with Crippen molar-refractivity contribution in [3.63, 3.8) is 0 Å². The second-order valence-electron chi connectivity index (χ2n) is 5.11. The Hall–Kier alpha value is -1.33. The van der Waals surface area contributed by atoms with Crippen molar-refractivity contribution in [2.24, 2.45) is 0 Å². The van der Waals surface area contributed by atoms with Crippen molar-refractivity contribution in [2.75, 3.05) is 32.8 Å². The van der Waals surface area contributed by atoms with Gasteiger partial charge in [0.2, 0.25) is 0 Å². The zero-order valence-corrected chi connectivity index (χ0v) is 10.9. The number of ether oxygens (including phenoxy) is 1. The van der Waals surface area contributed by atoms with Gasteiger partial charge >= 0.3 is 0 Å². The second-order valence-corrected chi connectivity index (χ2v) is 5.11. The van der Waals surface area contributed by atoms with Crippen molar-refractivity contribution in [1.82, 2.24) is 10.2 Å². The number of hydrogen-bond acceptors (Lipinski definition) is 4. The number of rotatable bonds is 4. The zero-order valence-electron chi connectivity index (χ0n) is 10.9. The van der Waals surface area contributed by atoms with Crippen molar-refractivity contribution in [2.45, 2.75) is 19.4 Å². The first kappa shape index (κ1) is 13.1. The van der Waals surface area contributed by atoms with Gasteiger partial charge in [-0.1, -0.05) is 0 Å². The Kier molecular flexibility index (Phi) is 4.04. The third-order valence-electron chi connectivity index (χ3n) is 3.33. The average Bonchev–Trinajstić information content (AvgIpc) is 2.91. The van der Waals surface area contributed by atoms with E-state index in [1.807, 2.05) is 0 Å². The molecule has 1 fully saturated rings. The maximum Gasteiger partial charge on any atom is 0.254 e. The molecule has 0 spiro atoms. The van der Waals surface area contributed by atoms with E-state index in [1.165, 1.54) is 12.5 Å². The molecule has 5 heteroatoms. The first-order chi connectivity index (χ1) is 8.59. The van der Waals surface area contributed by atoms with E-state index < -0.39 is 0 Å². The van der Waals surface area contributed by atoms with Crippen LogP contribution in [0.1, 0.15) is 24.2 Å². The number of hydrogen-bond donors (Lipinski definition) is 1. The van der Waals surface area contributed by atoms with E-state index in [2.05, 4.69) is 24.1 Å². The van der Waals surface area contributed by atoms with E-state index in [0.717, 1.165) is 26.3 Å². The molecule has 1 aliphatic rings. The lowest BCUT2D eigenvalue weighted by Crippen LogP contribution is -2.55. The van der Waals surface area contributed by atoms with Gasteiger partial charge in [0, 0.05) is 25.2 Å². The highest BCUT2D eigenvalue weighted by Crippen LogP contribution is 2.15. The SMILES string of the molecule is CC(C)(CNC(=O)c1ccoc1)N1CCOCC1. The summed E-state index contributed by atoms with van der Waals surface area (Å²) in [5.41, 5.74) is 0.496. The van der Waals surface area contributed by atoms with Gasteiger partial charge in [0.25, 0.3) is 5.91 Å². The molecule has 1 aromatic rings. The molecule has 0 radical (unpaired) electrons. The molecule has 1 aromatic heterocycles. The summed E-state index contributed by atoms with van der Waals surface area (Å²) in [4.78, 5) is 14.2. The Morgan fingerprint density at radius 1 is 1.44 bits per heavy atom. The molecule has 0 bridgehead atoms. The summed E-state index contributed by atoms with van der Waals surface area (Å²) < 4.78 is 10.2. The standard InChI is InChI=1S/C13H20N2O3/c1-13(2,15-4-7-17-8-5-15)10-14-12(16)11-3-6-18-9-11/h3,6,9H,4-5,7-8,10H2,1-2H3,(H,14,16). The summed E-state index contributed by atoms with van der Waals surface area (Å²) in [6.07, 6.45) is 2.96. The Balaban J connectivity index is 1.86. The van der Waals surface area contributed by atoms with E-state index in [4.69, 9.17) is 9.15 Å². The van der Waals surface area contributed by atoms with E-state index in [1.54, 1.807) is 6.07 Å². The quantitative estimate of drug-likeness (QED) is 0.872. The lowest BCUT2D eigenvalue weighted by Gasteiger charge is -2.40. The molecule has 0 unspecified atom stereocenters. The summed E-state index contributed by atoms with van der Waals surface area (Å²) in [6.45, 7) is 8.22. The fourth-order valence-corrected chi connectivity index (χ4v) is 2.07. The van der Waals surface area contributed by atoms with Crippen LogP contribution in [-0.2, 0) is 4.74 Å². The number of morpholine rings is 1. The fourth-order valence-electron chi connectivity index (χ4n) is 2.07. The monoisotopic (exact) mass is 252 g/mol. The molecule has 18 heavy (non-hydrogen) atoms. The maximum absolute atomic E-state index is 11.8. The molecule has 1 aliphatic heterocycles. The van der Waals surface area contributed by atoms with E-state index in [9.17, 15) is 4.79 Å². The van der Waals surface area contributed by atoms with Crippen molar-refractivity contribution >= 4 is 5.91 Å². The van der Waals surface area contributed by atoms with E-state index in [0.29, 0.717) is 12.1 Å². The highest BCUT2D eigenvalue weighted by Gasteiger charge is 2.28. The van der Waals surface area contributed by atoms with Gasteiger partial charge in [-0.15, -0.1) is 0 Å². The second kappa shape index (κ2) is 5.54. The minimum atomic E-state index is -0.0925. The fraction of sp³-hybridized carbons (Fsp3) is 0.615. The molecular weight excluding hydrogens is 232 g/mol. The van der Waals surface area contributed by atoms with Crippen LogP contribution in [0.5, 0.6) is 0 Å². The molecule has 1 amide bonds. The van der Waals surface area contributed by atoms with Gasteiger partial charge in [-0.2, -0.15) is 0 Å². The summed E-state index contributed by atoms with van der Waals surface area (Å²) in [7, 11) is 0. The van der Waals surface area contributed by atoms with Crippen molar-refractivity contribution in [3.8, 4) is 0 Å². The number of nitrogens with one attached hydrogen (secondary N) is 1. The van der Waals surface area contributed by atoms with Crippen molar-refractivity contribution in [1.29, 1.82) is 0 Å². The summed E-state index contributed by atoms with van der Waals surface area (Å²) in [5, 5.41) is 2.94. The molecule has 0 aliphatic carbocycles. The molecule has 2 rings (SSSR count). The van der Waals surface area contributed by atoms with Gasteiger partial charge in [0.05, 0.1) is 25.0 Å². The Bertz CT molecular complexity index is 381. The van der Waals surface area contributed by atoms with Crippen LogP contribution in [0.25, 0.3) is 0 Å². The maximum atomic E-state index is 11.8. The first-order valence-electron chi connectivity index (χ1n) is 6.23. The van der Waals surface area contributed by atoms with Crippen LogP contribution in [0.2, 0.25) is 0 Å². The smallest absolute Gasteiger partial charge is 0.254 e. The molecular formula is C13H20N2O3. The van der Waals surface area contributed by atoms with E-state index >= 15 is 0 Å². The summed E-state index contributed by atoms with van der Waals surface area (Å²) >= 11 is 0. The zero-order chi connectivity index (χ0) is 13.0. The molecule has 2 heterocycles. The van der Waals surface area contributed by atoms with Crippen LogP contribution in [0, 0.1) is 0 Å². The minimum Gasteiger partial charge on any atom is -0.472 e. The van der Waals surface area contributed by atoms with Crippen LogP contribution < -0.4 is 5.32 Å². The van der Waals surface area contributed by atoms with Gasteiger partial charge in [0.1, 0.15) is 6.26 Å².